The summed E-state index contributed by atoms with van der Waals surface area (Å²) in [7, 11) is 0. The van der Waals surface area contributed by atoms with Crippen molar-refractivity contribution in [3.05, 3.63) is 42.0 Å². The van der Waals surface area contributed by atoms with Crippen molar-refractivity contribution in [2.45, 2.75) is 12.5 Å². The fraction of sp³-hybridized carbons (Fsp3) is 0.167. The van der Waals surface area contributed by atoms with Crippen LogP contribution in [0.25, 0.3) is 10.8 Å². The van der Waals surface area contributed by atoms with E-state index in [4.69, 9.17) is 0 Å². The van der Waals surface area contributed by atoms with E-state index in [1.165, 1.54) is 12.1 Å². The number of rotatable bonds is 1. The first-order chi connectivity index (χ1) is 8.67. The minimum absolute atomic E-state index is 0.185. The van der Waals surface area contributed by atoms with Gasteiger partial charge in [0.15, 0.2) is 0 Å². The van der Waals surface area contributed by atoms with Crippen LogP contribution in [0.2, 0.25) is 0 Å². The Bertz CT molecular complexity index is 599. The molecule has 0 aliphatic rings. The molecule has 0 aromatic heterocycles. The van der Waals surface area contributed by atoms with Crippen LogP contribution >= 0.6 is 0 Å². The standard InChI is InChI=1S/C12H6F6O/c13-11(14,15)10-3-1-2-7-4-5-8(6-9(7)10)19-12(16,17)18/h1-6H. The number of ether oxygens (including phenoxy) is 1. The predicted molar refractivity (Wildman–Crippen MR) is 55.6 cm³/mol. The molecule has 0 saturated carbocycles. The van der Waals surface area contributed by atoms with E-state index in [1.54, 1.807) is 0 Å². The first kappa shape index (κ1) is 13.5. The highest BCUT2D eigenvalue weighted by atomic mass is 19.4. The maximum absolute atomic E-state index is 12.7. The van der Waals surface area contributed by atoms with Gasteiger partial charge in [0.1, 0.15) is 5.75 Å². The fourth-order valence-corrected chi connectivity index (χ4v) is 1.70. The highest BCUT2D eigenvalue weighted by molar-refractivity contribution is 5.87. The van der Waals surface area contributed by atoms with Crippen molar-refractivity contribution in [2.75, 3.05) is 0 Å². The molecule has 0 unspecified atom stereocenters. The average Bonchev–Trinajstić information content (AvgIpc) is 2.24. The molecule has 0 radical (unpaired) electrons. The summed E-state index contributed by atoms with van der Waals surface area (Å²) in [5.74, 6) is -0.684. The van der Waals surface area contributed by atoms with Crippen molar-refractivity contribution in [1.82, 2.24) is 0 Å². The molecule has 19 heavy (non-hydrogen) atoms. The van der Waals surface area contributed by atoms with Crippen LogP contribution in [0.3, 0.4) is 0 Å². The molecule has 2 aromatic carbocycles. The molecule has 0 spiro atoms. The molecule has 0 bridgehead atoms. The molecular weight excluding hydrogens is 274 g/mol. The summed E-state index contributed by atoms with van der Waals surface area (Å²) in [6, 6.07) is 6.21. The van der Waals surface area contributed by atoms with E-state index in [9.17, 15) is 26.3 Å². The van der Waals surface area contributed by atoms with Crippen LogP contribution in [0, 0.1) is 0 Å². The van der Waals surface area contributed by atoms with Crippen molar-refractivity contribution in [3.63, 3.8) is 0 Å². The third kappa shape index (κ3) is 3.10. The van der Waals surface area contributed by atoms with Gasteiger partial charge >= 0.3 is 12.5 Å². The van der Waals surface area contributed by atoms with E-state index >= 15 is 0 Å². The summed E-state index contributed by atoms with van der Waals surface area (Å²) < 4.78 is 77.9. The van der Waals surface area contributed by atoms with Crippen molar-refractivity contribution in [1.29, 1.82) is 0 Å². The van der Waals surface area contributed by atoms with E-state index in [0.29, 0.717) is 0 Å². The zero-order valence-corrected chi connectivity index (χ0v) is 9.14. The summed E-state index contributed by atoms with van der Waals surface area (Å²) in [6.07, 6.45) is -9.59. The molecule has 0 atom stereocenters. The van der Waals surface area contributed by atoms with Gasteiger partial charge in [-0.05, 0) is 29.0 Å². The summed E-state index contributed by atoms with van der Waals surface area (Å²) in [6.45, 7) is 0. The van der Waals surface area contributed by atoms with Crippen molar-refractivity contribution in [3.8, 4) is 5.75 Å². The first-order valence-corrected chi connectivity index (χ1v) is 5.02. The van der Waals surface area contributed by atoms with E-state index in [2.05, 4.69) is 4.74 Å². The van der Waals surface area contributed by atoms with Crippen molar-refractivity contribution in [2.24, 2.45) is 0 Å². The molecule has 7 heteroatoms. The second-order valence-electron chi connectivity index (χ2n) is 3.73. The Morgan fingerprint density at radius 2 is 1.53 bits per heavy atom. The van der Waals surface area contributed by atoms with Gasteiger partial charge in [-0.15, -0.1) is 13.2 Å². The Balaban J connectivity index is 2.57. The molecule has 102 valence electrons. The van der Waals surface area contributed by atoms with Crippen LogP contribution in [-0.4, -0.2) is 6.36 Å². The van der Waals surface area contributed by atoms with E-state index in [-0.39, 0.29) is 10.8 Å². The van der Waals surface area contributed by atoms with Crippen molar-refractivity contribution < 1.29 is 31.1 Å². The topological polar surface area (TPSA) is 9.23 Å². The smallest absolute Gasteiger partial charge is 0.406 e. The Labute approximate surface area is 103 Å². The lowest BCUT2D eigenvalue weighted by atomic mass is 10.0. The quantitative estimate of drug-likeness (QED) is 0.684. The molecule has 0 N–H and O–H groups in total. The Kier molecular flexibility index (Phi) is 3.07. The maximum atomic E-state index is 12.7. The highest BCUT2D eigenvalue weighted by Gasteiger charge is 2.34. The molecule has 1 nitrogen and oxygen atoms in total. The second kappa shape index (κ2) is 4.32. The average molecular weight is 280 g/mol. The number of hydrogen-bond donors (Lipinski definition) is 0. The second-order valence-corrected chi connectivity index (χ2v) is 3.73. The number of benzene rings is 2. The maximum Gasteiger partial charge on any atom is 0.573 e. The van der Waals surface area contributed by atoms with Gasteiger partial charge in [-0.3, -0.25) is 0 Å². The summed E-state index contributed by atoms with van der Waals surface area (Å²) in [4.78, 5) is 0. The predicted octanol–water partition coefficient (Wildman–Crippen LogP) is 4.76. The number of alkyl halides is 6. The SMILES string of the molecule is FC(F)(F)Oc1ccc2cccc(C(F)(F)F)c2c1. The van der Waals surface area contributed by atoms with Gasteiger partial charge in [0.05, 0.1) is 5.56 Å². The van der Waals surface area contributed by atoms with Crippen LogP contribution in [0.1, 0.15) is 5.56 Å². The minimum Gasteiger partial charge on any atom is -0.406 e. The van der Waals surface area contributed by atoms with Crippen LogP contribution in [0.5, 0.6) is 5.75 Å². The Hall–Kier alpha value is -1.92. The Morgan fingerprint density at radius 1 is 0.842 bits per heavy atom. The lowest BCUT2D eigenvalue weighted by Crippen LogP contribution is -2.17. The first-order valence-electron chi connectivity index (χ1n) is 5.02. The van der Waals surface area contributed by atoms with Gasteiger partial charge in [0, 0.05) is 0 Å². The summed E-state index contributed by atoms with van der Waals surface area (Å²) >= 11 is 0. The van der Waals surface area contributed by atoms with Gasteiger partial charge in [-0.2, -0.15) is 13.2 Å². The van der Waals surface area contributed by atoms with Crippen LogP contribution < -0.4 is 4.74 Å². The number of fused-ring (bicyclic) bond motifs is 1. The molecule has 0 saturated heterocycles. The summed E-state index contributed by atoms with van der Waals surface area (Å²) in [5, 5.41) is -0.152. The molecular formula is C12H6F6O. The lowest BCUT2D eigenvalue weighted by Gasteiger charge is -2.13. The zero-order chi connectivity index (χ0) is 14.3. The van der Waals surface area contributed by atoms with Crippen LogP contribution in [-0.2, 0) is 6.18 Å². The van der Waals surface area contributed by atoms with Gasteiger partial charge in [0.25, 0.3) is 0 Å². The van der Waals surface area contributed by atoms with Gasteiger partial charge in [-0.25, -0.2) is 0 Å². The molecule has 0 fully saturated rings. The molecule has 0 aliphatic heterocycles. The van der Waals surface area contributed by atoms with E-state index in [0.717, 1.165) is 24.3 Å². The van der Waals surface area contributed by atoms with E-state index < -0.39 is 23.9 Å². The molecule has 0 heterocycles. The summed E-state index contributed by atoms with van der Waals surface area (Å²) in [5.41, 5.74) is -1.00. The lowest BCUT2D eigenvalue weighted by molar-refractivity contribution is -0.274. The van der Waals surface area contributed by atoms with Crippen LogP contribution in [0.4, 0.5) is 26.3 Å². The van der Waals surface area contributed by atoms with Gasteiger partial charge in [-0.1, -0.05) is 18.2 Å². The molecule has 0 amide bonds. The normalized spacial score (nSPS) is 12.7. The minimum atomic E-state index is -4.94. The molecule has 0 aliphatic carbocycles. The van der Waals surface area contributed by atoms with Crippen LogP contribution in [0.15, 0.2) is 36.4 Å². The Morgan fingerprint density at radius 3 is 2.11 bits per heavy atom. The van der Waals surface area contributed by atoms with Gasteiger partial charge in [0.2, 0.25) is 0 Å². The number of hydrogen-bond acceptors (Lipinski definition) is 1. The monoisotopic (exact) mass is 280 g/mol. The molecule has 2 rings (SSSR count). The van der Waals surface area contributed by atoms with Gasteiger partial charge < -0.3 is 4.74 Å². The third-order valence-electron chi connectivity index (χ3n) is 2.39. The third-order valence-corrected chi connectivity index (χ3v) is 2.39. The largest absolute Gasteiger partial charge is 0.573 e. The number of halogens is 6. The van der Waals surface area contributed by atoms with Crippen molar-refractivity contribution >= 4 is 10.8 Å². The fourth-order valence-electron chi connectivity index (χ4n) is 1.70. The molecule has 2 aromatic rings. The highest BCUT2D eigenvalue weighted by Crippen LogP contribution is 2.36. The zero-order valence-electron chi connectivity index (χ0n) is 9.14. The van der Waals surface area contributed by atoms with E-state index in [1.807, 2.05) is 0 Å².